The highest BCUT2D eigenvalue weighted by molar-refractivity contribution is 7.22. The zero-order chi connectivity index (χ0) is 24.9. The van der Waals surface area contributed by atoms with Crippen molar-refractivity contribution in [2.75, 3.05) is 19.1 Å². The molecule has 0 bridgehead atoms. The van der Waals surface area contributed by atoms with Crippen LogP contribution in [0.4, 0.5) is 9.52 Å². The smallest absolute Gasteiger partial charge is 0.296 e. The first kappa shape index (κ1) is 22.6. The molecule has 1 aliphatic heterocycles. The number of Topliss-reactive ketones (excluding diaryl/α,β-unsaturated/α-hetero) is 1. The molecule has 0 saturated heterocycles. The maximum Gasteiger partial charge on any atom is 0.296 e. The number of fused-ring (bicyclic) bond motifs is 1. The number of hydrogen-bond donors (Lipinski definition) is 1. The van der Waals surface area contributed by atoms with Crippen LogP contribution in [0.15, 0.2) is 64.3 Å². The van der Waals surface area contributed by atoms with Crippen LogP contribution in [0.2, 0.25) is 0 Å². The summed E-state index contributed by atoms with van der Waals surface area (Å²) in [6, 6.07) is 11.1. The summed E-state index contributed by atoms with van der Waals surface area (Å²) < 4.78 is 30.5. The molecule has 5 rings (SSSR count). The van der Waals surface area contributed by atoms with Gasteiger partial charge in [0, 0.05) is 0 Å². The minimum Gasteiger partial charge on any atom is -0.503 e. The molecule has 8 nitrogen and oxygen atoms in total. The van der Waals surface area contributed by atoms with Gasteiger partial charge in [-0.1, -0.05) is 17.4 Å². The number of halogens is 1. The van der Waals surface area contributed by atoms with Gasteiger partial charge < -0.3 is 19.0 Å². The molecule has 1 aliphatic rings. The van der Waals surface area contributed by atoms with E-state index in [0.717, 1.165) is 11.3 Å². The van der Waals surface area contributed by atoms with Crippen LogP contribution >= 0.6 is 11.3 Å². The summed E-state index contributed by atoms with van der Waals surface area (Å²) in [5.74, 6) is -1.30. The van der Waals surface area contributed by atoms with E-state index in [0.29, 0.717) is 33.0 Å². The van der Waals surface area contributed by atoms with Gasteiger partial charge in [0.25, 0.3) is 5.91 Å². The van der Waals surface area contributed by atoms with Crippen molar-refractivity contribution in [3.63, 3.8) is 0 Å². The van der Waals surface area contributed by atoms with Gasteiger partial charge in [-0.25, -0.2) is 9.37 Å². The highest BCUT2D eigenvalue weighted by atomic mass is 32.1. The number of nitrogens with zero attached hydrogens (tertiary/aromatic N) is 2. The van der Waals surface area contributed by atoms with Gasteiger partial charge in [-0.3, -0.25) is 14.5 Å². The van der Waals surface area contributed by atoms with E-state index in [4.69, 9.17) is 13.9 Å². The van der Waals surface area contributed by atoms with Crippen molar-refractivity contribution in [3.8, 4) is 11.5 Å². The fourth-order valence-corrected chi connectivity index (χ4v) is 5.07. The summed E-state index contributed by atoms with van der Waals surface area (Å²) in [6.07, 6.45) is 0. The monoisotopic (exact) mass is 494 g/mol. The lowest BCUT2D eigenvalue weighted by atomic mass is 9.95. The van der Waals surface area contributed by atoms with Crippen LogP contribution in [0.25, 0.3) is 10.2 Å². The first-order chi connectivity index (χ1) is 16.8. The van der Waals surface area contributed by atoms with Crippen LogP contribution < -0.4 is 14.4 Å². The number of thiazole rings is 1. The maximum atomic E-state index is 13.8. The molecule has 0 spiro atoms. The lowest BCUT2D eigenvalue weighted by molar-refractivity contribution is -0.117. The summed E-state index contributed by atoms with van der Waals surface area (Å²) in [5, 5.41) is 11.1. The number of benzene rings is 2. The van der Waals surface area contributed by atoms with Crippen molar-refractivity contribution < 1.29 is 33.0 Å². The van der Waals surface area contributed by atoms with E-state index in [9.17, 15) is 19.1 Å². The van der Waals surface area contributed by atoms with Crippen molar-refractivity contribution in [3.05, 3.63) is 82.8 Å². The third-order valence-corrected chi connectivity index (χ3v) is 6.70. The molecule has 1 amide bonds. The van der Waals surface area contributed by atoms with Gasteiger partial charge in [0.05, 0.1) is 36.1 Å². The van der Waals surface area contributed by atoms with Crippen molar-refractivity contribution in [1.82, 2.24) is 4.98 Å². The van der Waals surface area contributed by atoms with Crippen LogP contribution in [0.1, 0.15) is 27.9 Å². The Kier molecular flexibility index (Phi) is 5.52. The summed E-state index contributed by atoms with van der Waals surface area (Å²) in [7, 11) is 2.95. The average Bonchev–Trinajstić information content (AvgIpc) is 3.54. The van der Waals surface area contributed by atoms with Gasteiger partial charge in [0.2, 0.25) is 5.78 Å². The van der Waals surface area contributed by atoms with E-state index < -0.39 is 29.3 Å². The van der Waals surface area contributed by atoms with Crippen LogP contribution in [0.5, 0.6) is 11.5 Å². The fourth-order valence-electron chi connectivity index (χ4n) is 4.05. The highest BCUT2D eigenvalue weighted by Crippen LogP contribution is 2.45. The molecule has 4 aromatic rings. The number of aliphatic hydroxyl groups is 1. The number of methoxy groups -OCH3 is 2. The van der Waals surface area contributed by atoms with E-state index in [2.05, 4.69) is 4.98 Å². The minimum atomic E-state index is -1.05. The number of hydrogen-bond acceptors (Lipinski definition) is 8. The third-order valence-electron chi connectivity index (χ3n) is 5.69. The number of rotatable bonds is 6. The number of carbonyl (C=O) groups is 2. The summed E-state index contributed by atoms with van der Waals surface area (Å²) >= 11 is 1.07. The number of ketones is 1. The molecule has 2 aromatic carbocycles. The molecule has 1 atom stereocenters. The molecular weight excluding hydrogens is 475 g/mol. The topological polar surface area (TPSA) is 102 Å². The second-order valence-electron chi connectivity index (χ2n) is 7.80. The lowest BCUT2D eigenvalue weighted by Crippen LogP contribution is -2.31. The van der Waals surface area contributed by atoms with Gasteiger partial charge >= 0.3 is 0 Å². The Morgan fingerprint density at radius 3 is 2.57 bits per heavy atom. The van der Waals surface area contributed by atoms with Crippen molar-refractivity contribution in [1.29, 1.82) is 0 Å². The molecule has 2 aromatic heterocycles. The summed E-state index contributed by atoms with van der Waals surface area (Å²) in [5.41, 5.74) is 0.783. The van der Waals surface area contributed by atoms with E-state index in [1.54, 1.807) is 31.2 Å². The minimum absolute atomic E-state index is 0.0180. The largest absolute Gasteiger partial charge is 0.503 e. The van der Waals surface area contributed by atoms with Gasteiger partial charge in [-0.2, -0.15) is 0 Å². The van der Waals surface area contributed by atoms with E-state index in [-0.39, 0.29) is 16.5 Å². The van der Waals surface area contributed by atoms with Gasteiger partial charge in [0.15, 0.2) is 28.1 Å². The fraction of sp³-hybridized carbons (Fsp3) is 0.160. The number of anilines is 1. The number of ether oxygens (including phenoxy) is 2. The highest BCUT2D eigenvalue weighted by Gasteiger charge is 2.46. The van der Waals surface area contributed by atoms with Crippen LogP contribution in [0.3, 0.4) is 0 Å². The molecule has 0 aliphatic carbocycles. The average molecular weight is 495 g/mol. The zero-order valence-electron chi connectivity index (χ0n) is 18.9. The zero-order valence-corrected chi connectivity index (χ0v) is 19.7. The first-order valence-corrected chi connectivity index (χ1v) is 11.3. The standard InChI is InChI=1S/C25H19FN2O6S/c1-12-4-8-17(34-12)22(29)20-21(13-5-9-16(32-2)18(10-13)33-3)28(24(31)23(20)30)25-27-15-7-6-14(26)11-19(15)35-25/h4-11,21,30H,1-3H3. The van der Waals surface area contributed by atoms with Gasteiger partial charge in [0.1, 0.15) is 11.6 Å². The lowest BCUT2D eigenvalue weighted by Gasteiger charge is -2.25. The van der Waals surface area contributed by atoms with Crippen molar-refractivity contribution in [2.24, 2.45) is 0 Å². The molecule has 3 heterocycles. The van der Waals surface area contributed by atoms with E-state index in [1.165, 1.54) is 43.4 Å². The molecule has 35 heavy (non-hydrogen) atoms. The number of carbonyl (C=O) groups excluding carboxylic acids is 2. The van der Waals surface area contributed by atoms with Crippen molar-refractivity contribution >= 4 is 38.4 Å². The second-order valence-corrected chi connectivity index (χ2v) is 8.81. The SMILES string of the molecule is COc1ccc(C2C(C(=O)c3ccc(C)o3)=C(O)C(=O)N2c2nc3ccc(F)cc3s2)cc1OC. The Labute approximate surface area is 202 Å². The maximum absolute atomic E-state index is 13.8. The Morgan fingerprint density at radius 2 is 1.89 bits per heavy atom. The summed E-state index contributed by atoms with van der Waals surface area (Å²) in [4.78, 5) is 32.5. The Bertz CT molecular complexity index is 1520. The summed E-state index contributed by atoms with van der Waals surface area (Å²) in [6.45, 7) is 1.68. The third kappa shape index (κ3) is 3.71. The Balaban J connectivity index is 1.70. The van der Waals surface area contributed by atoms with E-state index in [1.807, 2.05) is 0 Å². The van der Waals surface area contributed by atoms with Gasteiger partial charge in [-0.05, 0) is 55.0 Å². The molecule has 178 valence electrons. The van der Waals surface area contributed by atoms with Crippen molar-refractivity contribution in [2.45, 2.75) is 13.0 Å². The molecule has 0 saturated carbocycles. The van der Waals surface area contributed by atoms with Crippen LogP contribution in [-0.2, 0) is 4.79 Å². The molecule has 0 fully saturated rings. The number of amides is 1. The number of aromatic nitrogens is 1. The van der Waals surface area contributed by atoms with Crippen LogP contribution in [-0.4, -0.2) is 36.0 Å². The first-order valence-electron chi connectivity index (χ1n) is 10.5. The predicted octanol–water partition coefficient (Wildman–Crippen LogP) is 5.14. The number of aliphatic hydroxyl groups excluding tert-OH is 1. The molecule has 10 heteroatoms. The Morgan fingerprint density at radius 1 is 1.11 bits per heavy atom. The molecule has 1 unspecified atom stereocenters. The number of aryl methyl sites for hydroxylation is 1. The molecule has 0 radical (unpaired) electrons. The normalized spacial score (nSPS) is 15.8. The Hall–Kier alpha value is -4.18. The quantitative estimate of drug-likeness (QED) is 0.371. The van der Waals surface area contributed by atoms with Gasteiger partial charge in [-0.15, -0.1) is 0 Å². The second kappa shape index (κ2) is 8.55. The molecular formula is C25H19FN2O6S. The van der Waals surface area contributed by atoms with Crippen LogP contribution in [0, 0.1) is 12.7 Å². The molecule has 1 N–H and O–H groups in total. The van der Waals surface area contributed by atoms with E-state index >= 15 is 0 Å². The number of furan rings is 1. The predicted molar refractivity (Wildman–Crippen MR) is 127 cm³/mol.